The molecule has 5 heteroatoms. The average molecular weight is 279 g/mol. The van der Waals surface area contributed by atoms with E-state index in [1.165, 1.54) is 45.1 Å². The van der Waals surface area contributed by atoms with Crippen molar-refractivity contribution >= 4 is 0 Å². The number of ether oxygens (including phenoxy) is 1. The molecule has 0 unspecified atom stereocenters. The van der Waals surface area contributed by atoms with E-state index >= 15 is 0 Å². The molecule has 2 heterocycles. The van der Waals surface area contributed by atoms with Gasteiger partial charge < -0.3 is 9.26 Å². The Kier molecular flexibility index (Phi) is 4.68. The van der Waals surface area contributed by atoms with Crippen LogP contribution in [0.2, 0.25) is 0 Å². The molecule has 2 aliphatic rings. The van der Waals surface area contributed by atoms with Crippen molar-refractivity contribution in [3.05, 3.63) is 11.7 Å². The summed E-state index contributed by atoms with van der Waals surface area (Å²) in [5.74, 6) is 2.03. The van der Waals surface area contributed by atoms with E-state index in [1.807, 2.05) is 0 Å². The predicted octanol–water partition coefficient (Wildman–Crippen LogP) is 2.38. The van der Waals surface area contributed by atoms with Gasteiger partial charge in [-0.05, 0) is 32.2 Å². The van der Waals surface area contributed by atoms with E-state index in [-0.39, 0.29) is 0 Å². The lowest BCUT2D eigenvalue weighted by atomic mass is 9.96. The van der Waals surface area contributed by atoms with Crippen LogP contribution in [-0.4, -0.2) is 47.9 Å². The minimum Gasteiger partial charge on any atom is -0.384 e. The number of methoxy groups -OCH3 is 1. The Morgan fingerprint density at radius 2 is 2.10 bits per heavy atom. The van der Waals surface area contributed by atoms with Gasteiger partial charge in [-0.25, -0.2) is 0 Å². The highest BCUT2D eigenvalue weighted by molar-refractivity contribution is 4.98. The van der Waals surface area contributed by atoms with Crippen LogP contribution in [0.15, 0.2) is 4.52 Å². The van der Waals surface area contributed by atoms with Crippen molar-refractivity contribution in [1.29, 1.82) is 0 Å². The summed E-state index contributed by atoms with van der Waals surface area (Å²) in [5, 5.41) is 4.07. The largest absolute Gasteiger partial charge is 0.384 e. The zero-order valence-electron chi connectivity index (χ0n) is 12.4. The van der Waals surface area contributed by atoms with Gasteiger partial charge >= 0.3 is 0 Å². The van der Waals surface area contributed by atoms with E-state index in [0.717, 1.165) is 30.7 Å². The van der Waals surface area contributed by atoms with Crippen LogP contribution >= 0.6 is 0 Å². The van der Waals surface area contributed by atoms with Gasteiger partial charge in [0, 0.05) is 26.1 Å². The third kappa shape index (κ3) is 3.20. The monoisotopic (exact) mass is 279 g/mol. The maximum absolute atomic E-state index is 5.47. The molecule has 5 nitrogen and oxygen atoms in total. The van der Waals surface area contributed by atoms with Gasteiger partial charge in [0.1, 0.15) is 0 Å². The molecular formula is C15H25N3O2. The van der Waals surface area contributed by atoms with Crippen LogP contribution in [0.4, 0.5) is 0 Å². The Morgan fingerprint density at radius 1 is 1.25 bits per heavy atom. The predicted molar refractivity (Wildman–Crippen MR) is 75.7 cm³/mol. The molecule has 1 aliphatic heterocycles. The lowest BCUT2D eigenvalue weighted by molar-refractivity contribution is 0.137. The first kappa shape index (κ1) is 14.0. The number of aromatic nitrogens is 2. The Bertz CT molecular complexity index is 415. The Labute approximate surface area is 120 Å². The molecule has 2 fully saturated rings. The molecule has 0 bridgehead atoms. The third-order valence-corrected chi connectivity index (χ3v) is 4.66. The van der Waals surface area contributed by atoms with Crippen molar-refractivity contribution in [1.82, 2.24) is 15.0 Å². The van der Waals surface area contributed by atoms with Crippen LogP contribution in [0.3, 0.4) is 0 Å². The first-order valence-corrected chi connectivity index (χ1v) is 7.92. The molecule has 3 rings (SSSR count). The summed E-state index contributed by atoms with van der Waals surface area (Å²) in [7, 11) is 1.70. The van der Waals surface area contributed by atoms with Crippen LogP contribution in [0.1, 0.15) is 56.2 Å². The molecule has 0 aromatic carbocycles. The van der Waals surface area contributed by atoms with Crippen LogP contribution in [-0.2, 0) is 11.2 Å². The number of piperidine rings is 1. The van der Waals surface area contributed by atoms with Crippen molar-refractivity contribution in [3.8, 4) is 0 Å². The quantitative estimate of drug-likeness (QED) is 0.828. The van der Waals surface area contributed by atoms with Crippen molar-refractivity contribution in [2.24, 2.45) is 0 Å². The molecule has 1 saturated heterocycles. The molecule has 1 aromatic heterocycles. The Hall–Kier alpha value is -0.940. The molecule has 0 amide bonds. The minimum atomic E-state index is 0.424. The van der Waals surface area contributed by atoms with Gasteiger partial charge in [0.2, 0.25) is 5.89 Å². The van der Waals surface area contributed by atoms with Crippen LogP contribution < -0.4 is 0 Å². The van der Waals surface area contributed by atoms with Crippen molar-refractivity contribution in [3.63, 3.8) is 0 Å². The second kappa shape index (κ2) is 6.68. The first-order valence-electron chi connectivity index (χ1n) is 7.92. The second-order valence-corrected chi connectivity index (χ2v) is 6.06. The highest BCUT2D eigenvalue weighted by atomic mass is 16.5. The van der Waals surface area contributed by atoms with E-state index in [9.17, 15) is 0 Å². The highest BCUT2D eigenvalue weighted by Gasteiger charge is 2.30. The van der Waals surface area contributed by atoms with Crippen molar-refractivity contribution < 1.29 is 9.26 Å². The first-order chi connectivity index (χ1) is 9.86. The number of hydrogen-bond donors (Lipinski definition) is 0. The summed E-state index contributed by atoms with van der Waals surface area (Å²) >= 11 is 0. The standard InChI is InChI=1S/C15H25N3O2/c1-19-10-8-14-16-15(20-17-14)12-5-4-9-18(11-12)13-6-2-3-7-13/h12-13H,2-11H2,1H3/t12-/m1/s1. The zero-order chi connectivity index (χ0) is 13.8. The summed E-state index contributed by atoms with van der Waals surface area (Å²) in [4.78, 5) is 7.20. The summed E-state index contributed by atoms with van der Waals surface area (Å²) in [6, 6.07) is 0.800. The molecule has 20 heavy (non-hydrogen) atoms. The maximum atomic E-state index is 5.47. The Balaban J connectivity index is 1.59. The molecule has 1 aliphatic carbocycles. The molecule has 1 saturated carbocycles. The molecule has 0 spiro atoms. The highest BCUT2D eigenvalue weighted by Crippen LogP contribution is 2.31. The van der Waals surface area contributed by atoms with Crippen LogP contribution in [0.25, 0.3) is 0 Å². The molecule has 0 radical (unpaired) electrons. The third-order valence-electron chi connectivity index (χ3n) is 4.66. The number of hydrogen-bond acceptors (Lipinski definition) is 5. The van der Waals surface area contributed by atoms with Gasteiger partial charge in [-0.1, -0.05) is 18.0 Å². The summed E-state index contributed by atoms with van der Waals surface area (Å²) in [6.45, 7) is 2.99. The van der Waals surface area contributed by atoms with Crippen molar-refractivity contribution in [2.45, 2.75) is 56.9 Å². The molecule has 112 valence electrons. The fourth-order valence-corrected chi connectivity index (χ4v) is 3.54. The van der Waals surface area contributed by atoms with Gasteiger partial charge in [-0.3, -0.25) is 4.90 Å². The number of nitrogens with zero attached hydrogens (tertiary/aromatic N) is 3. The topological polar surface area (TPSA) is 51.4 Å². The molecule has 0 N–H and O–H groups in total. The lowest BCUT2D eigenvalue weighted by Crippen LogP contribution is -2.40. The fourth-order valence-electron chi connectivity index (χ4n) is 3.54. The van der Waals surface area contributed by atoms with E-state index < -0.39 is 0 Å². The maximum Gasteiger partial charge on any atom is 0.231 e. The lowest BCUT2D eigenvalue weighted by Gasteiger charge is -2.35. The minimum absolute atomic E-state index is 0.424. The SMILES string of the molecule is COCCc1noc([C@@H]2CCCN(C3CCCC3)C2)n1. The van der Waals surface area contributed by atoms with Gasteiger partial charge in [0.05, 0.1) is 12.5 Å². The molecule has 1 atom stereocenters. The molecule has 1 aromatic rings. The van der Waals surface area contributed by atoms with Gasteiger partial charge in [0.25, 0.3) is 0 Å². The fraction of sp³-hybridized carbons (Fsp3) is 0.867. The Morgan fingerprint density at radius 3 is 2.90 bits per heavy atom. The van der Waals surface area contributed by atoms with Crippen LogP contribution in [0.5, 0.6) is 0 Å². The normalized spacial score (nSPS) is 25.4. The molecular weight excluding hydrogens is 254 g/mol. The van der Waals surface area contributed by atoms with E-state index in [0.29, 0.717) is 12.5 Å². The van der Waals surface area contributed by atoms with Gasteiger partial charge in [-0.15, -0.1) is 0 Å². The summed E-state index contributed by atoms with van der Waals surface area (Å²) in [5.41, 5.74) is 0. The van der Waals surface area contributed by atoms with Gasteiger partial charge in [0.15, 0.2) is 5.82 Å². The van der Waals surface area contributed by atoms with E-state index in [4.69, 9.17) is 9.26 Å². The summed E-state index contributed by atoms with van der Waals surface area (Å²) < 4.78 is 10.5. The van der Waals surface area contributed by atoms with Crippen LogP contribution in [0, 0.1) is 0 Å². The van der Waals surface area contributed by atoms with Gasteiger partial charge in [-0.2, -0.15) is 4.98 Å². The average Bonchev–Trinajstić information content (AvgIpc) is 3.17. The second-order valence-electron chi connectivity index (χ2n) is 6.06. The zero-order valence-corrected chi connectivity index (χ0v) is 12.4. The summed E-state index contributed by atoms with van der Waals surface area (Å²) in [6.07, 6.45) is 8.69. The van der Waals surface area contributed by atoms with E-state index in [2.05, 4.69) is 15.0 Å². The smallest absolute Gasteiger partial charge is 0.231 e. The number of rotatable bonds is 5. The van der Waals surface area contributed by atoms with E-state index in [1.54, 1.807) is 7.11 Å². The van der Waals surface area contributed by atoms with Crippen molar-refractivity contribution in [2.75, 3.05) is 26.8 Å². The number of likely N-dealkylation sites (tertiary alicyclic amines) is 1.